The smallest absolute Gasteiger partial charge is 0.270 e. The van der Waals surface area contributed by atoms with Gasteiger partial charge in [0.15, 0.2) is 5.82 Å². The Labute approximate surface area is 169 Å². The molecule has 2 aromatic rings. The van der Waals surface area contributed by atoms with Crippen LogP contribution in [-0.4, -0.2) is 58.9 Å². The largest absolute Gasteiger partial charge is 0.338 e. The van der Waals surface area contributed by atoms with Crippen LogP contribution in [0.15, 0.2) is 27.6 Å². The van der Waals surface area contributed by atoms with Crippen LogP contribution in [0.25, 0.3) is 0 Å². The highest BCUT2D eigenvalue weighted by Gasteiger charge is 2.33. The van der Waals surface area contributed by atoms with E-state index in [1.807, 2.05) is 20.8 Å². The Balaban J connectivity index is 1.72. The highest BCUT2D eigenvalue weighted by molar-refractivity contribution is 7.89. The molecule has 0 spiro atoms. The monoisotopic (exact) mass is 423 g/mol. The summed E-state index contributed by atoms with van der Waals surface area (Å²) in [6, 6.07) is 3.78. The van der Waals surface area contributed by atoms with E-state index in [2.05, 4.69) is 15.0 Å². The Hall–Kier alpha value is -2.37. The topological polar surface area (TPSA) is 123 Å². The summed E-state index contributed by atoms with van der Waals surface area (Å²) in [5, 5.41) is 15.0. The summed E-state index contributed by atoms with van der Waals surface area (Å²) in [4.78, 5) is 16.9. The number of non-ortho nitro benzene ring substituents is 1. The summed E-state index contributed by atoms with van der Waals surface area (Å²) < 4.78 is 32.8. The van der Waals surface area contributed by atoms with Crippen LogP contribution < -0.4 is 0 Å². The second-order valence-corrected chi connectivity index (χ2v) is 9.37. The van der Waals surface area contributed by atoms with Gasteiger partial charge in [-0.05, 0) is 19.4 Å². The third-order valence-electron chi connectivity index (χ3n) is 5.15. The molecular weight excluding hydrogens is 398 g/mol. The molecule has 1 fully saturated rings. The van der Waals surface area contributed by atoms with Crippen LogP contribution in [0, 0.1) is 17.0 Å². The van der Waals surface area contributed by atoms with Gasteiger partial charge >= 0.3 is 0 Å². The lowest BCUT2D eigenvalue weighted by molar-refractivity contribution is -0.385. The van der Waals surface area contributed by atoms with Crippen LogP contribution in [0.2, 0.25) is 0 Å². The average Bonchev–Trinajstić information content (AvgIpc) is 3.18. The molecule has 0 bridgehead atoms. The zero-order valence-electron chi connectivity index (χ0n) is 16.9. The molecule has 0 amide bonds. The molecule has 0 N–H and O–H groups in total. The number of piperazine rings is 1. The third-order valence-corrected chi connectivity index (χ3v) is 7.19. The fourth-order valence-corrected chi connectivity index (χ4v) is 4.92. The van der Waals surface area contributed by atoms with Gasteiger partial charge in [0.2, 0.25) is 15.9 Å². The Kier molecular flexibility index (Phi) is 6.01. The van der Waals surface area contributed by atoms with Gasteiger partial charge in [-0.3, -0.25) is 15.0 Å². The van der Waals surface area contributed by atoms with Gasteiger partial charge in [0, 0.05) is 44.2 Å². The van der Waals surface area contributed by atoms with Crippen LogP contribution in [-0.2, 0) is 10.0 Å². The summed E-state index contributed by atoms with van der Waals surface area (Å²) >= 11 is 0. The van der Waals surface area contributed by atoms with E-state index in [1.54, 1.807) is 6.92 Å². The number of nitro benzene ring substituents is 1. The number of sulfonamides is 1. The van der Waals surface area contributed by atoms with Crippen LogP contribution >= 0.6 is 0 Å². The lowest BCUT2D eigenvalue weighted by atomic mass is 10.2. The highest BCUT2D eigenvalue weighted by Crippen LogP contribution is 2.27. The van der Waals surface area contributed by atoms with E-state index >= 15 is 0 Å². The lowest BCUT2D eigenvalue weighted by Gasteiger charge is -2.36. The molecule has 29 heavy (non-hydrogen) atoms. The second kappa shape index (κ2) is 8.17. The maximum absolute atomic E-state index is 13.1. The molecule has 3 rings (SSSR count). The molecule has 1 aromatic carbocycles. The van der Waals surface area contributed by atoms with Crippen molar-refractivity contribution in [2.24, 2.45) is 0 Å². The molecule has 2 heterocycles. The molecule has 10 nitrogen and oxygen atoms in total. The molecule has 0 saturated carbocycles. The van der Waals surface area contributed by atoms with E-state index in [0.29, 0.717) is 30.4 Å². The van der Waals surface area contributed by atoms with Gasteiger partial charge in [0.25, 0.3) is 5.69 Å². The van der Waals surface area contributed by atoms with Crippen molar-refractivity contribution in [3.05, 3.63) is 45.6 Å². The van der Waals surface area contributed by atoms with Crippen molar-refractivity contribution in [2.75, 3.05) is 26.2 Å². The lowest BCUT2D eigenvalue weighted by Crippen LogP contribution is -2.49. The first-order valence-electron chi connectivity index (χ1n) is 9.44. The van der Waals surface area contributed by atoms with Crippen molar-refractivity contribution in [1.29, 1.82) is 0 Å². The Morgan fingerprint density at radius 2 is 1.83 bits per heavy atom. The van der Waals surface area contributed by atoms with E-state index in [4.69, 9.17) is 4.52 Å². The van der Waals surface area contributed by atoms with Crippen LogP contribution in [0.3, 0.4) is 0 Å². The second-order valence-electron chi connectivity index (χ2n) is 7.47. The number of nitro groups is 1. The van der Waals surface area contributed by atoms with E-state index in [1.165, 1.54) is 16.4 Å². The van der Waals surface area contributed by atoms with Gasteiger partial charge in [-0.15, -0.1) is 0 Å². The number of benzene rings is 1. The van der Waals surface area contributed by atoms with Crippen molar-refractivity contribution in [3.8, 4) is 0 Å². The van der Waals surface area contributed by atoms with Crippen molar-refractivity contribution < 1.29 is 17.9 Å². The summed E-state index contributed by atoms with van der Waals surface area (Å²) in [6.45, 7) is 9.10. The van der Waals surface area contributed by atoms with E-state index < -0.39 is 14.9 Å². The fourth-order valence-electron chi connectivity index (χ4n) is 3.26. The van der Waals surface area contributed by atoms with Crippen molar-refractivity contribution >= 4 is 15.7 Å². The Morgan fingerprint density at radius 3 is 2.38 bits per heavy atom. The predicted molar refractivity (Wildman–Crippen MR) is 105 cm³/mol. The van der Waals surface area contributed by atoms with Gasteiger partial charge in [-0.25, -0.2) is 8.42 Å². The summed E-state index contributed by atoms with van der Waals surface area (Å²) in [5.41, 5.74) is 0.247. The molecule has 158 valence electrons. The molecule has 1 unspecified atom stereocenters. The molecule has 1 atom stereocenters. The van der Waals surface area contributed by atoms with E-state index in [0.717, 1.165) is 6.07 Å². The van der Waals surface area contributed by atoms with Gasteiger partial charge < -0.3 is 4.52 Å². The quantitative estimate of drug-likeness (QED) is 0.513. The maximum atomic E-state index is 13.1. The standard InChI is InChI=1S/C18H25N5O5S/c1-12(2)17-19-18(28-20-17)14(4)21-7-9-22(10-8-21)29(26,27)16-11-15(23(24)25)6-5-13(16)3/h5-6,11-12,14H,7-10H2,1-4H3. The average molecular weight is 423 g/mol. The summed E-state index contributed by atoms with van der Waals surface area (Å²) in [5.74, 6) is 1.33. The summed E-state index contributed by atoms with van der Waals surface area (Å²) in [6.07, 6.45) is 0. The Bertz CT molecular complexity index is 996. The molecule has 11 heteroatoms. The van der Waals surface area contributed by atoms with Crippen LogP contribution in [0.5, 0.6) is 0 Å². The summed E-state index contributed by atoms with van der Waals surface area (Å²) in [7, 11) is -3.82. The van der Waals surface area contributed by atoms with Gasteiger partial charge in [0.1, 0.15) is 0 Å². The zero-order valence-corrected chi connectivity index (χ0v) is 17.7. The first-order valence-corrected chi connectivity index (χ1v) is 10.9. The first kappa shape index (κ1) is 21.3. The fraction of sp³-hybridized carbons (Fsp3) is 0.556. The number of hydrogen-bond acceptors (Lipinski definition) is 8. The van der Waals surface area contributed by atoms with Gasteiger partial charge in [-0.2, -0.15) is 9.29 Å². The minimum absolute atomic E-state index is 0.0216. The molecular formula is C18H25N5O5S. The van der Waals surface area contributed by atoms with Crippen LogP contribution in [0.4, 0.5) is 5.69 Å². The molecule has 0 radical (unpaired) electrons. The Morgan fingerprint density at radius 1 is 1.17 bits per heavy atom. The minimum Gasteiger partial charge on any atom is -0.338 e. The van der Waals surface area contributed by atoms with Crippen LogP contribution in [0.1, 0.15) is 50.0 Å². The maximum Gasteiger partial charge on any atom is 0.270 e. The van der Waals surface area contributed by atoms with Crippen molar-refractivity contribution in [1.82, 2.24) is 19.3 Å². The number of aryl methyl sites for hydroxylation is 1. The zero-order chi connectivity index (χ0) is 21.3. The number of hydrogen-bond donors (Lipinski definition) is 0. The van der Waals surface area contributed by atoms with Gasteiger partial charge in [-0.1, -0.05) is 25.1 Å². The normalized spacial score (nSPS) is 17.6. The molecule has 1 aromatic heterocycles. The van der Waals surface area contributed by atoms with Gasteiger partial charge in [0.05, 0.1) is 15.9 Å². The SMILES string of the molecule is Cc1ccc([N+](=O)[O-])cc1S(=O)(=O)N1CCN(C(C)c2nc(C(C)C)no2)CC1. The minimum atomic E-state index is -3.82. The first-order chi connectivity index (χ1) is 13.6. The number of nitrogens with zero attached hydrogens (tertiary/aromatic N) is 5. The van der Waals surface area contributed by atoms with Crippen molar-refractivity contribution in [3.63, 3.8) is 0 Å². The van der Waals surface area contributed by atoms with Crippen molar-refractivity contribution in [2.45, 2.75) is 44.6 Å². The highest BCUT2D eigenvalue weighted by atomic mass is 32.2. The molecule has 0 aliphatic carbocycles. The predicted octanol–water partition coefficient (Wildman–Crippen LogP) is 2.48. The molecule has 1 aliphatic heterocycles. The third kappa shape index (κ3) is 4.31. The molecule has 1 saturated heterocycles. The number of rotatable bonds is 6. The molecule has 1 aliphatic rings. The number of aromatic nitrogens is 2. The van der Waals surface area contributed by atoms with E-state index in [-0.39, 0.29) is 35.6 Å². The van der Waals surface area contributed by atoms with E-state index in [9.17, 15) is 18.5 Å².